The van der Waals surface area contributed by atoms with E-state index in [0.29, 0.717) is 18.9 Å². The lowest BCUT2D eigenvalue weighted by Gasteiger charge is -2.37. The number of nitrogens with zero attached hydrogens (tertiary/aromatic N) is 1. The highest BCUT2D eigenvalue weighted by atomic mass is 32.2. The fourth-order valence-corrected chi connectivity index (χ4v) is 4.99. The average molecular weight is 304 g/mol. The molecule has 1 heterocycles. The zero-order chi connectivity index (χ0) is 14.4. The number of aliphatic hydroxyl groups is 1. The van der Waals surface area contributed by atoms with Gasteiger partial charge < -0.3 is 10.4 Å². The molecule has 2 aliphatic rings. The maximum atomic E-state index is 12.5. The maximum Gasteiger partial charge on any atom is 0.214 e. The van der Waals surface area contributed by atoms with Crippen LogP contribution < -0.4 is 5.32 Å². The Morgan fingerprint density at radius 2 is 1.85 bits per heavy atom. The summed E-state index contributed by atoms with van der Waals surface area (Å²) in [5.41, 5.74) is 0. The van der Waals surface area contributed by atoms with Gasteiger partial charge in [0, 0.05) is 19.2 Å². The van der Waals surface area contributed by atoms with Crippen molar-refractivity contribution in [3.05, 3.63) is 0 Å². The highest BCUT2D eigenvalue weighted by molar-refractivity contribution is 7.89. The summed E-state index contributed by atoms with van der Waals surface area (Å²) in [6, 6.07) is 0.194. The molecule has 0 aromatic heterocycles. The van der Waals surface area contributed by atoms with Gasteiger partial charge in [0.1, 0.15) is 0 Å². The topological polar surface area (TPSA) is 69.6 Å². The van der Waals surface area contributed by atoms with Crippen LogP contribution in [0.25, 0.3) is 0 Å². The van der Waals surface area contributed by atoms with Gasteiger partial charge in [0.2, 0.25) is 10.0 Å². The molecule has 1 saturated heterocycles. The molecule has 5 nitrogen and oxygen atoms in total. The Morgan fingerprint density at radius 3 is 2.40 bits per heavy atom. The summed E-state index contributed by atoms with van der Waals surface area (Å²) in [5, 5.41) is 12.3. The van der Waals surface area contributed by atoms with E-state index < -0.39 is 10.0 Å². The Kier molecular flexibility index (Phi) is 6.26. The minimum atomic E-state index is -3.15. The van der Waals surface area contributed by atoms with Crippen LogP contribution in [-0.4, -0.2) is 55.9 Å². The minimum absolute atomic E-state index is 0.0625. The van der Waals surface area contributed by atoms with Crippen LogP contribution in [0, 0.1) is 5.92 Å². The van der Waals surface area contributed by atoms with E-state index in [-0.39, 0.29) is 18.4 Å². The van der Waals surface area contributed by atoms with E-state index in [0.717, 1.165) is 51.6 Å². The second kappa shape index (κ2) is 7.73. The van der Waals surface area contributed by atoms with Gasteiger partial charge in [0.25, 0.3) is 0 Å². The predicted octanol–water partition coefficient (Wildman–Crippen LogP) is 0.943. The van der Waals surface area contributed by atoms with Crippen LogP contribution in [0.3, 0.4) is 0 Å². The van der Waals surface area contributed by atoms with Gasteiger partial charge in [-0.25, -0.2) is 8.42 Å². The van der Waals surface area contributed by atoms with E-state index >= 15 is 0 Å². The lowest BCUT2D eigenvalue weighted by molar-refractivity contribution is 0.198. The molecule has 1 aliphatic heterocycles. The lowest BCUT2D eigenvalue weighted by atomic mass is 9.93. The van der Waals surface area contributed by atoms with Crippen molar-refractivity contribution in [2.75, 3.05) is 32.0 Å². The van der Waals surface area contributed by atoms with Crippen LogP contribution in [0.1, 0.15) is 44.9 Å². The number of rotatable bonds is 8. The lowest BCUT2D eigenvalue weighted by Crippen LogP contribution is -2.46. The molecule has 0 bridgehead atoms. The molecule has 0 atom stereocenters. The Morgan fingerprint density at radius 1 is 1.15 bits per heavy atom. The molecule has 0 radical (unpaired) electrons. The van der Waals surface area contributed by atoms with Crippen molar-refractivity contribution in [1.82, 2.24) is 9.62 Å². The van der Waals surface area contributed by atoms with Gasteiger partial charge in [-0.05, 0) is 57.5 Å². The fourth-order valence-electron chi connectivity index (χ4n) is 3.05. The monoisotopic (exact) mass is 304 g/mol. The second-order valence-electron chi connectivity index (χ2n) is 6.07. The van der Waals surface area contributed by atoms with Crippen LogP contribution in [0.15, 0.2) is 0 Å². The highest BCUT2D eigenvalue weighted by Crippen LogP contribution is 2.28. The largest absolute Gasteiger partial charge is 0.396 e. The summed E-state index contributed by atoms with van der Waals surface area (Å²) in [5.74, 6) is 0.826. The zero-order valence-electron chi connectivity index (χ0n) is 12.3. The minimum Gasteiger partial charge on any atom is -0.396 e. The molecule has 0 amide bonds. The van der Waals surface area contributed by atoms with Gasteiger partial charge in [0.05, 0.1) is 5.75 Å². The molecule has 0 spiro atoms. The molecule has 118 valence electrons. The van der Waals surface area contributed by atoms with Gasteiger partial charge in [-0.15, -0.1) is 0 Å². The van der Waals surface area contributed by atoms with Crippen molar-refractivity contribution < 1.29 is 13.5 Å². The average Bonchev–Trinajstić information content (AvgIpc) is 2.40. The van der Waals surface area contributed by atoms with E-state index in [9.17, 15) is 8.42 Å². The van der Waals surface area contributed by atoms with Crippen molar-refractivity contribution in [2.45, 2.75) is 51.0 Å². The first-order chi connectivity index (χ1) is 9.63. The third-order valence-corrected chi connectivity index (χ3v) is 6.57. The third kappa shape index (κ3) is 4.41. The Labute approximate surface area is 122 Å². The van der Waals surface area contributed by atoms with Crippen LogP contribution >= 0.6 is 0 Å². The summed E-state index contributed by atoms with van der Waals surface area (Å²) in [4.78, 5) is 0. The summed E-state index contributed by atoms with van der Waals surface area (Å²) in [7, 11) is -3.15. The van der Waals surface area contributed by atoms with Crippen molar-refractivity contribution >= 4 is 10.0 Å². The number of hydrogen-bond donors (Lipinski definition) is 2. The summed E-state index contributed by atoms with van der Waals surface area (Å²) in [6.45, 7) is 2.58. The first-order valence-electron chi connectivity index (χ1n) is 7.94. The van der Waals surface area contributed by atoms with Crippen LogP contribution in [0.4, 0.5) is 0 Å². The zero-order valence-corrected chi connectivity index (χ0v) is 13.1. The molecule has 2 fully saturated rings. The molecular formula is C14H28N2O3S. The van der Waals surface area contributed by atoms with E-state index in [4.69, 9.17) is 5.11 Å². The standard InChI is InChI=1S/C14H28N2O3S/c17-11-2-10-16(14-3-1-4-14)20(18,19)12-7-13-5-8-15-9-6-13/h13-15,17H,1-12H2. The number of sulfonamides is 1. The molecule has 0 unspecified atom stereocenters. The molecule has 6 heteroatoms. The van der Waals surface area contributed by atoms with Crippen molar-refractivity contribution in [2.24, 2.45) is 5.92 Å². The van der Waals surface area contributed by atoms with Gasteiger partial charge in [-0.2, -0.15) is 4.31 Å². The van der Waals surface area contributed by atoms with E-state index in [1.165, 1.54) is 0 Å². The van der Waals surface area contributed by atoms with Crippen LogP contribution in [-0.2, 0) is 10.0 Å². The van der Waals surface area contributed by atoms with Crippen molar-refractivity contribution in [3.8, 4) is 0 Å². The van der Waals surface area contributed by atoms with Gasteiger partial charge in [0.15, 0.2) is 0 Å². The highest BCUT2D eigenvalue weighted by Gasteiger charge is 2.33. The quantitative estimate of drug-likeness (QED) is 0.700. The summed E-state index contributed by atoms with van der Waals surface area (Å²) >= 11 is 0. The Balaban J connectivity index is 1.87. The molecule has 1 aliphatic carbocycles. The predicted molar refractivity (Wildman–Crippen MR) is 80.0 cm³/mol. The first-order valence-corrected chi connectivity index (χ1v) is 9.55. The number of piperidine rings is 1. The number of aliphatic hydroxyl groups excluding tert-OH is 1. The van der Waals surface area contributed by atoms with Crippen molar-refractivity contribution in [3.63, 3.8) is 0 Å². The normalized spacial score (nSPS) is 22.1. The number of hydrogen-bond acceptors (Lipinski definition) is 4. The van der Waals surface area contributed by atoms with Crippen LogP contribution in [0.2, 0.25) is 0 Å². The summed E-state index contributed by atoms with van der Waals surface area (Å²) in [6.07, 6.45) is 6.61. The van der Waals surface area contributed by atoms with E-state index in [2.05, 4.69) is 5.32 Å². The first kappa shape index (κ1) is 16.2. The molecule has 2 N–H and O–H groups in total. The molecule has 2 rings (SSSR count). The number of nitrogens with one attached hydrogen (secondary N) is 1. The summed E-state index contributed by atoms with van der Waals surface area (Å²) < 4.78 is 26.8. The van der Waals surface area contributed by atoms with Crippen LogP contribution in [0.5, 0.6) is 0 Å². The smallest absolute Gasteiger partial charge is 0.214 e. The Hall–Kier alpha value is -0.170. The molecular weight excluding hydrogens is 276 g/mol. The fraction of sp³-hybridized carbons (Fsp3) is 1.00. The SMILES string of the molecule is O=S(=O)(CCC1CCNCC1)N(CCCO)C1CCC1. The van der Waals surface area contributed by atoms with Crippen molar-refractivity contribution in [1.29, 1.82) is 0 Å². The Bertz CT molecular complexity index is 376. The van der Waals surface area contributed by atoms with Gasteiger partial charge >= 0.3 is 0 Å². The van der Waals surface area contributed by atoms with E-state index in [1.807, 2.05) is 0 Å². The maximum absolute atomic E-state index is 12.5. The van der Waals surface area contributed by atoms with Gasteiger partial charge in [-0.1, -0.05) is 6.42 Å². The third-order valence-electron chi connectivity index (χ3n) is 4.62. The van der Waals surface area contributed by atoms with E-state index in [1.54, 1.807) is 4.31 Å². The molecule has 1 saturated carbocycles. The van der Waals surface area contributed by atoms with Gasteiger partial charge in [-0.3, -0.25) is 0 Å². The molecule has 20 heavy (non-hydrogen) atoms. The molecule has 0 aromatic carbocycles. The molecule has 0 aromatic rings. The second-order valence-corrected chi connectivity index (χ2v) is 8.11.